The average Bonchev–Trinajstić information content (AvgIpc) is 2.07. The van der Waals surface area contributed by atoms with Gasteiger partial charge in [-0.05, 0) is 13.0 Å². The maximum atomic E-state index is 12.2. The van der Waals surface area contributed by atoms with Crippen molar-refractivity contribution in [3.8, 4) is 0 Å². The highest BCUT2D eigenvalue weighted by molar-refractivity contribution is 5.66. The first kappa shape index (κ1) is 10.6. The molecule has 0 bridgehead atoms. The molecule has 76 valence electrons. The van der Waals surface area contributed by atoms with Gasteiger partial charge in [-0.15, -0.1) is 0 Å². The number of nitrogens with one attached hydrogen (secondary N) is 1. The molecule has 0 aliphatic heterocycles. The second kappa shape index (κ2) is 3.32. The maximum Gasteiger partial charge on any atom is 0.416 e. The minimum Gasteiger partial charge on any atom is -0.328 e. The van der Waals surface area contributed by atoms with Crippen LogP contribution in [0.4, 0.5) is 13.2 Å². The van der Waals surface area contributed by atoms with E-state index in [2.05, 4.69) is 11.6 Å². The quantitative estimate of drug-likeness (QED) is 0.746. The normalized spacial score (nSPS) is 11.4. The van der Waals surface area contributed by atoms with E-state index in [1.807, 2.05) is 0 Å². The summed E-state index contributed by atoms with van der Waals surface area (Å²) in [6, 6.07) is 1.16. The zero-order valence-corrected chi connectivity index (χ0v) is 7.40. The first-order valence-electron chi connectivity index (χ1n) is 3.78. The van der Waals surface area contributed by atoms with Gasteiger partial charge in [0.1, 0.15) is 0 Å². The van der Waals surface area contributed by atoms with Crippen LogP contribution < -0.4 is 5.56 Å². The lowest BCUT2D eigenvalue weighted by Gasteiger charge is -2.09. The van der Waals surface area contributed by atoms with Crippen molar-refractivity contribution in [1.29, 1.82) is 0 Å². The van der Waals surface area contributed by atoms with Gasteiger partial charge in [0, 0.05) is 17.3 Å². The Morgan fingerprint density at radius 2 is 2.07 bits per heavy atom. The molecule has 1 heterocycles. The first-order valence-corrected chi connectivity index (χ1v) is 3.78. The van der Waals surface area contributed by atoms with Gasteiger partial charge in [0.05, 0.1) is 5.57 Å². The zero-order valence-electron chi connectivity index (χ0n) is 7.40. The van der Waals surface area contributed by atoms with Gasteiger partial charge in [-0.3, -0.25) is 4.79 Å². The largest absolute Gasteiger partial charge is 0.416 e. The van der Waals surface area contributed by atoms with E-state index in [1.165, 1.54) is 6.92 Å². The molecule has 0 radical (unpaired) electrons. The topological polar surface area (TPSA) is 32.9 Å². The number of hydrogen-bond donors (Lipinski definition) is 1. The molecule has 0 fully saturated rings. The van der Waals surface area contributed by atoms with Gasteiger partial charge >= 0.3 is 6.18 Å². The molecule has 1 aromatic heterocycles. The molecule has 0 aromatic carbocycles. The van der Waals surface area contributed by atoms with Crippen LogP contribution in [0.25, 0.3) is 5.57 Å². The molecule has 0 aliphatic rings. The monoisotopic (exact) mass is 203 g/mol. The van der Waals surface area contributed by atoms with Crippen LogP contribution in [0.2, 0.25) is 0 Å². The Bertz CT molecular complexity index is 417. The molecule has 0 saturated carbocycles. The smallest absolute Gasteiger partial charge is 0.328 e. The summed E-state index contributed by atoms with van der Waals surface area (Å²) in [4.78, 5) is 13.1. The summed E-state index contributed by atoms with van der Waals surface area (Å²) in [5.74, 6) is 0. The summed E-state index contributed by atoms with van der Waals surface area (Å²) < 4.78 is 36.5. The van der Waals surface area contributed by atoms with Crippen molar-refractivity contribution in [3.63, 3.8) is 0 Å². The number of aryl methyl sites for hydroxylation is 1. The molecule has 0 atom stereocenters. The van der Waals surface area contributed by atoms with E-state index >= 15 is 0 Å². The number of rotatable bonds is 1. The number of H-pyrrole nitrogens is 1. The Morgan fingerprint density at radius 3 is 2.50 bits per heavy atom. The van der Waals surface area contributed by atoms with Crippen molar-refractivity contribution in [2.45, 2.75) is 13.1 Å². The van der Waals surface area contributed by atoms with Crippen LogP contribution in [0.3, 0.4) is 0 Å². The van der Waals surface area contributed by atoms with E-state index in [4.69, 9.17) is 0 Å². The lowest BCUT2D eigenvalue weighted by atomic mass is 10.1. The lowest BCUT2D eigenvalue weighted by Crippen LogP contribution is -2.14. The second-order valence-corrected chi connectivity index (χ2v) is 2.88. The van der Waals surface area contributed by atoms with Gasteiger partial charge in [0.15, 0.2) is 0 Å². The van der Waals surface area contributed by atoms with Crippen LogP contribution in [0.5, 0.6) is 0 Å². The molecule has 0 unspecified atom stereocenters. The Kier molecular flexibility index (Phi) is 2.51. The van der Waals surface area contributed by atoms with Gasteiger partial charge in [-0.2, -0.15) is 13.2 Å². The number of allylic oxidation sites excluding steroid dienone is 1. The van der Waals surface area contributed by atoms with E-state index in [0.29, 0.717) is 0 Å². The minimum atomic E-state index is -4.47. The van der Waals surface area contributed by atoms with Gasteiger partial charge < -0.3 is 4.98 Å². The summed E-state index contributed by atoms with van der Waals surface area (Å²) >= 11 is 0. The molecule has 1 N–H and O–H groups in total. The Hall–Kier alpha value is -1.52. The fourth-order valence-electron chi connectivity index (χ4n) is 0.935. The predicted octanol–water partition coefficient (Wildman–Crippen LogP) is 2.26. The maximum absolute atomic E-state index is 12.2. The molecule has 0 saturated heterocycles. The van der Waals surface area contributed by atoms with E-state index in [1.54, 1.807) is 0 Å². The number of aromatic amines is 1. The molecular formula is C9H8F3NO. The fraction of sp³-hybridized carbons (Fsp3) is 0.222. The van der Waals surface area contributed by atoms with Gasteiger partial charge in [-0.25, -0.2) is 0 Å². The third kappa shape index (κ3) is 2.04. The zero-order chi connectivity index (χ0) is 10.9. The van der Waals surface area contributed by atoms with Crippen molar-refractivity contribution in [2.75, 3.05) is 0 Å². The molecular weight excluding hydrogens is 195 g/mol. The summed E-state index contributed by atoms with van der Waals surface area (Å²) in [6.45, 7) is 4.36. The summed E-state index contributed by atoms with van der Waals surface area (Å²) in [5.41, 5.74) is -1.25. The van der Waals surface area contributed by atoms with Crippen molar-refractivity contribution < 1.29 is 13.2 Å². The SMILES string of the molecule is C=C(c1c[nH]c(=O)c(C)c1)C(F)(F)F. The first-order chi connectivity index (χ1) is 6.32. The van der Waals surface area contributed by atoms with Crippen LogP contribution in [-0.4, -0.2) is 11.2 Å². The van der Waals surface area contributed by atoms with Crippen molar-refractivity contribution in [1.82, 2.24) is 4.98 Å². The van der Waals surface area contributed by atoms with E-state index < -0.39 is 17.3 Å². The van der Waals surface area contributed by atoms with Crippen LogP contribution >= 0.6 is 0 Å². The van der Waals surface area contributed by atoms with Crippen LogP contribution in [0.1, 0.15) is 11.1 Å². The van der Waals surface area contributed by atoms with Gasteiger partial charge in [0.25, 0.3) is 5.56 Å². The van der Waals surface area contributed by atoms with Gasteiger partial charge in [0.2, 0.25) is 0 Å². The summed E-state index contributed by atoms with van der Waals surface area (Å²) in [6.07, 6.45) is -3.46. The Morgan fingerprint density at radius 1 is 1.50 bits per heavy atom. The molecule has 0 amide bonds. The summed E-state index contributed by atoms with van der Waals surface area (Å²) in [7, 11) is 0. The van der Waals surface area contributed by atoms with Crippen LogP contribution in [0.15, 0.2) is 23.6 Å². The Labute approximate surface area is 78.1 Å². The number of alkyl halides is 3. The second-order valence-electron chi connectivity index (χ2n) is 2.88. The molecule has 2 nitrogen and oxygen atoms in total. The van der Waals surface area contributed by atoms with Crippen molar-refractivity contribution in [2.24, 2.45) is 0 Å². The third-order valence-corrected chi connectivity index (χ3v) is 1.78. The molecule has 5 heteroatoms. The highest BCUT2D eigenvalue weighted by atomic mass is 19.4. The summed E-state index contributed by atoms with van der Waals surface area (Å²) in [5, 5.41) is 0. The highest BCUT2D eigenvalue weighted by Gasteiger charge is 2.32. The van der Waals surface area contributed by atoms with Crippen LogP contribution in [-0.2, 0) is 0 Å². The average molecular weight is 203 g/mol. The minimum absolute atomic E-state index is 0.116. The van der Waals surface area contributed by atoms with Crippen molar-refractivity contribution in [3.05, 3.63) is 40.3 Å². The number of hydrogen-bond acceptors (Lipinski definition) is 1. The molecule has 1 rings (SSSR count). The molecule has 0 spiro atoms. The number of halogens is 3. The van der Waals surface area contributed by atoms with Crippen molar-refractivity contribution >= 4 is 5.57 Å². The lowest BCUT2D eigenvalue weighted by molar-refractivity contribution is -0.0686. The Balaban J connectivity index is 3.16. The highest BCUT2D eigenvalue weighted by Crippen LogP contribution is 2.31. The van der Waals surface area contributed by atoms with E-state index in [9.17, 15) is 18.0 Å². The fourth-order valence-corrected chi connectivity index (χ4v) is 0.935. The standard InChI is InChI=1S/C9H8F3NO/c1-5-3-7(4-13-8(5)14)6(2)9(10,11)12/h3-4H,2H2,1H3,(H,13,14). The molecule has 1 aromatic rings. The molecule has 14 heavy (non-hydrogen) atoms. The van der Waals surface area contributed by atoms with E-state index in [0.717, 1.165) is 12.3 Å². The number of aromatic nitrogens is 1. The molecule has 0 aliphatic carbocycles. The van der Waals surface area contributed by atoms with Crippen LogP contribution in [0, 0.1) is 6.92 Å². The predicted molar refractivity (Wildman–Crippen MR) is 46.9 cm³/mol. The third-order valence-electron chi connectivity index (χ3n) is 1.78. The van der Waals surface area contributed by atoms with E-state index in [-0.39, 0.29) is 11.1 Å². The number of pyridine rings is 1. The van der Waals surface area contributed by atoms with Gasteiger partial charge in [-0.1, -0.05) is 6.58 Å².